The van der Waals surface area contributed by atoms with Gasteiger partial charge in [-0.15, -0.1) is 0 Å². The van der Waals surface area contributed by atoms with Crippen molar-refractivity contribution < 1.29 is 9.53 Å². The quantitative estimate of drug-likeness (QED) is 0.787. The number of hydrogen-bond acceptors (Lipinski definition) is 3. The van der Waals surface area contributed by atoms with Crippen molar-refractivity contribution in [1.29, 1.82) is 0 Å². The molecule has 2 fully saturated rings. The normalized spacial score (nSPS) is 32.4. The highest BCUT2D eigenvalue weighted by Crippen LogP contribution is 2.21. The summed E-state index contributed by atoms with van der Waals surface area (Å²) in [5.74, 6) is 0.283. The van der Waals surface area contributed by atoms with Gasteiger partial charge in [-0.25, -0.2) is 0 Å². The van der Waals surface area contributed by atoms with Crippen molar-refractivity contribution in [3.8, 4) is 0 Å². The van der Waals surface area contributed by atoms with Gasteiger partial charge in [0.2, 0.25) is 5.91 Å². The number of hydrogen-bond donors (Lipinski definition) is 1. The molecule has 0 saturated carbocycles. The first-order valence-electron chi connectivity index (χ1n) is 7.44. The maximum Gasteiger partial charge on any atom is 0.241 e. The molecule has 0 bridgehead atoms. The zero-order valence-electron chi connectivity index (χ0n) is 11.7. The Kier molecular flexibility index (Phi) is 5.01. The number of ether oxygens (including phenoxy) is 1. The number of amides is 1. The van der Waals surface area contributed by atoms with E-state index in [1.165, 1.54) is 0 Å². The van der Waals surface area contributed by atoms with Gasteiger partial charge in [0.05, 0.1) is 18.3 Å². The molecule has 0 radical (unpaired) electrons. The zero-order valence-corrected chi connectivity index (χ0v) is 11.7. The maximum atomic E-state index is 12.4. The van der Waals surface area contributed by atoms with E-state index in [0.29, 0.717) is 0 Å². The van der Waals surface area contributed by atoms with Gasteiger partial charge in [0, 0.05) is 13.2 Å². The van der Waals surface area contributed by atoms with Crippen molar-refractivity contribution in [2.24, 2.45) is 0 Å². The molecular weight excluding hydrogens is 228 g/mol. The lowest BCUT2D eigenvalue weighted by Crippen LogP contribution is -2.41. The Morgan fingerprint density at radius 3 is 2.89 bits per heavy atom. The topological polar surface area (TPSA) is 41.6 Å². The van der Waals surface area contributed by atoms with Crippen LogP contribution in [-0.2, 0) is 9.53 Å². The van der Waals surface area contributed by atoms with Gasteiger partial charge in [0.15, 0.2) is 0 Å². The van der Waals surface area contributed by atoms with Crippen LogP contribution in [0.4, 0.5) is 0 Å². The van der Waals surface area contributed by atoms with E-state index in [9.17, 15) is 4.79 Å². The van der Waals surface area contributed by atoms with Crippen LogP contribution in [0.1, 0.15) is 52.4 Å². The molecule has 2 rings (SSSR count). The minimum atomic E-state index is 0.0382. The molecule has 0 aromatic carbocycles. The lowest BCUT2D eigenvalue weighted by molar-refractivity contribution is -0.131. The Morgan fingerprint density at radius 2 is 2.28 bits per heavy atom. The van der Waals surface area contributed by atoms with Crippen LogP contribution in [0.25, 0.3) is 0 Å². The van der Waals surface area contributed by atoms with E-state index >= 15 is 0 Å². The lowest BCUT2D eigenvalue weighted by Gasteiger charge is -2.25. The van der Waals surface area contributed by atoms with Crippen molar-refractivity contribution in [3.63, 3.8) is 0 Å². The van der Waals surface area contributed by atoms with Gasteiger partial charge < -0.3 is 9.64 Å². The average Bonchev–Trinajstić information content (AvgIpc) is 2.98. The molecule has 3 atom stereocenters. The largest absolute Gasteiger partial charge is 0.376 e. The molecular formula is C14H26N2O2. The van der Waals surface area contributed by atoms with Crippen molar-refractivity contribution in [1.82, 2.24) is 10.2 Å². The molecule has 1 N–H and O–H groups in total. The second-order valence-corrected chi connectivity index (χ2v) is 5.41. The summed E-state index contributed by atoms with van der Waals surface area (Å²) in [6.07, 6.45) is 6.91. The molecule has 4 nitrogen and oxygen atoms in total. The molecule has 0 aliphatic carbocycles. The minimum absolute atomic E-state index is 0.0382. The second kappa shape index (κ2) is 6.53. The second-order valence-electron chi connectivity index (χ2n) is 5.41. The number of carbonyl (C=O) groups is 1. The van der Waals surface area contributed by atoms with Crippen LogP contribution in [-0.4, -0.2) is 42.3 Å². The van der Waals surface area contributed by atoms with Crippen molar-refractivity contribution in [2.75, 3.05) is 13.2 Å². The Hall–Kier alpha value is -0.610. The predicted octanol–water partition coefficient (Wildman–Crippen LogP) is 1.89. The third-order valence-corrected chi connectivity index (χ3v) is 4.01. The third kappa shape index (κ3) is 3.04. The molecule has 2 saturated heterocycles. The fraction of sp³-hybridized carbons (Fsp3) is 0.929. The zero-order chi connectivity index (χ0) is 13.0. The van der Waals surface area contributed by atoms with Gasteiger partial charge in [-0.2, -0.15) is 0 Å². The number of nitrogens with one attached hydrogen (secondary N) is 1. The van der Waals surface area contributed by atoms with Crippen LogP contribution >= 0.6 is 0 Å². The Morgan fingerprint density at radius 1 is 1.44 bits per heavy atom. The lowest BCUT2D eigenvalue weighted by atomic mass is 10.1. The molecule has 2 aliphatic rings. The van der Waals surface area contributed by atoms with Crippen molar-refractivity contribution in [2.45, 2.75) is 70.7 Å². The van der Waals surface area contributed by atoms with Crippen LogP contribution in [0.5, 0.6) is 0 Å². The van der Waals surface area contributed by atoms with Crippen LogP contribution in [0.3, 0.4) is 0 Å². The van der Waals surface area contributed by atoms with E-state index in [4.69, 9.17) is 4.74 Å². The van der Waals surface area contributed by atoms with Crippen molar-refractivity contribution in [3.05, 3.63) is 0 Å². The van der Waals surface area contributed by atoms with E-state index in [1.807, 2.05) is 4.90 Å². The molecule has 4 heteroatoms. The van der Waals surface area contributed by atoms with E-state index in [1.54, 1.807) is 0 Å². The minimum Gasteiger partial charge on any atom is -0.376 e. The van der Waals surface area contributed by atoms with Crippen LogP contribution in [0, 0.1) is 0 Å². The average molecular weight is 254 g/mol. The highest BCUT2D eigenvalue weighted by molar-refractivity contribution is 5.84. The van der Waals surface area contributed by atoms with Gasteiger partial charge in [-0.3, -0.25) is 10.1 Å². The highest BCUT2D eigenvalue weighted by Gasteiger charge is 2.38. The molecule has 2 aliphatic heterocycles. The summed E-state index contributed by atoms with van der Waals surface area (Å²) < 4.78 is 5.65. The number of carbonyl (C=O) groups excluding carboxylic acids is 1. The standard InChI is InChI=1S/C14H26N2O2/c1-3-5-8-12-14(17)16(13(4-2)15-12)10-11-7-6-9-18-11/h11-13,15H,3-10H2,1-2H3. The summed E-state index contributed by atoms with van der Waals surface area (Å²) in [5.41, 5.74) is 0. The Balaban J connectivity index is 1.91. The summed E-state index contributed by atoms with van der Waals surface area (Å²) >= 11 is 0. The summed E-state index contributed by atoms with van der Waals surface area (Å²) in [6, 6.07) is 0.0382. The first-order chi connectivity index (χ1) is 8.76. The fourth-order valence-electron chi connectivity index (χ4n) is 2.93. The number of rotatable bonds is 6. The number of nitrogens with zero attached hydrogens (tertiary/aromatic N) is 1. The van der Waals surface area contributed by atoms with Gasteiger partial charge in [0.25, 0.3) is 0 Å². The summed E-state index contributed by atoms with van der Waals surface area (Å²) in [6.45, 7) is 5.93. The molecule has 0 aromatic heterocycles. The summed E-state index contributed by atoms with van der Waals surface area (Å²) in [5, 5.41) is 3.47. The molecule has 18 heavy (non-hydrogen) atoms. The van der Waals surface area contributed by atoms with E-state index < -0.39 is 0 Å². The van der Waals surface area contributed by atoms with Crippen molar-refractivity contribution >= 4 is 5.91 Å². The SMILES string of the molecule is CCCCC1NC(CC)N(CC2CCCO2)C1=O. The highest BCUT2D eigenvalue weighted by atomic mass is 16.5. The maximum absolute atomic E-state index is 12.4. The monoisotopic (exact) mass is 254 g/mol. The Labute approximate surface area is 110 Å². The number of unbranched alkanes of at least 4 members (excludes halogenated alkanes) is 1. The van der Waals surface area contributed by atoms with E-state index in [2.05, 4.69) is 19.2 Å². The Bertz CT molecular complexity index is 277. The molecule has 3 unspecified atom stereocenters. The molecule has 2 heterocycles. The van der Waals surface area contributed by atoms with Gasteiger partial charge >= 0.3 is 0 Å². The molecule has 1 amide bonds. The molecule has 104 valence electrons. The fourth-order valence-corrected chi connectivity index (χ4v) is 2.93. The van der Waals surface area contributed by atoms with Crippen LogP contribution in [0.15, 0.2) is 0 Å². The first-order valence-corrected chi connectivity index (χ1v) is 7.44. The van der Waals surface area contributed by atoms with E-state index in [0.717, 1.165) is 51.7 Å². The summed E-state index contributed by atoms with van der Waals surface area (Å²) in [7, 11) is 0. The van der Waals surface area contributed by atoms with Gasteiger partial charge in [-0.1, -0.05) is 26.7 Å². The van der Waals surface area contributed by atoms with Crippen LogP contribution in [0.2, 0.25) is 0 Å². The first kappa shape index (κ1) is 13.8. The van der Waals surface area contributed by atoms with Crippen LogP contribution < -0.4 is 5.32 Å². The summed E-state index contributed by atoms with van der Waals surface area (Å²) in [4.78, 5) is 14.4. The molecule has 0 aromatic rings. The predicted molar refractivity (Wildman–Crippen MR) is 71.2 cm³/mol. The van der Waals surface area contributed by atoms with Gasteiger partial charge in [-0.05, 0) is 25.7 Å². The van der Waals surface area contributed by atoms with E-state index in [-0.39, 0.29) is 24.2 Å². The smallest absolute Gasteiger partial charge is 0.241 e. The molecule has 0 spiro atoms. The third-order valence-electron chi connectivity index (χ3n) is 4.01. The van der Waals surface area contributed by atoms with Gasteiger partial charge in [0.1, 0.15) is 0 Å².